The summed E-state index contributed by atoms with van der Waals surface area (Å²) in [5.74, 6) is 0.524. The minimum atomic E-state index is -4.08. The molecule has 1 N–H and O–H groups in total. The highest BCUT2D eigenvalue weighted by Crippen LogP contribution is 2.34. The zero-order valence-electron chi connectivity index (χ0n) is 17.8. The van der Waals surface area contributed by atoms with E-state index in [0.717, 1.165) is 0 Å². The lowest BCUT2D eigenvalue weighted by Gasteiger charge is -2.27. The van der Waals surface area contributed by atoms with E-state index in [2.05, 4.69) is 4.72 Å². The van der Waals surface area contributed by atoms with Crippen LogP contribution in [0.4, 0.5) is 5.69 Å². The average molecular weight is 438 g/mol. The number of ether oxygens (including phenoxy) is 3. The van der Waals surface area contributed by atoms with Gasteiger partial charge in [-0.05, 0) is 26.0 Å². The van der Waals surface area contributed by atoms with Crippen LogP contribution in [0, 0.1) is 13.8 Å². The Hall–Kier alpha value is -2.72. The molecule has 1 saturated heterocycles. The second kappa shape index (κ2) is 8.57. The third-order valence-electron chi connectivity index (χ3n) is 5.36. The van der Waals surface area contributed by atoms with Crippen LogP contribution in [-0.4, -0.2) is 64.3 Å². The Morgan fingerprint density at radius 3 is 2.37 bits per heavy atom. The first-order chi connectivity index (χ1) is 14.2. The zero-order chi connectivity index (χ0) is 22.1. The van der Waals surface area contributed by atoms with Crippen LogP contribution in [0.5, 0.6) is 11.5 Å². The number of hydrogen-bond donors (Lipinski definition) is 1. The fourth-order valence-electron chi connectivity index (χ4n) is 3.50. The predicted octanol–water partition coefficient (Wildman–Crippen LogP) is 1.93. The Morgan fingerprint density at radius 2 is 1.77 bits per heavy atom. The molecule has 0 radical (unpaired) electrons. The SMILES string of the molecule is COc1ccc(NS(=O)(=O)c2c(C(=O)N3CCOCC3)c(C)n(C)c2C)c(OC)c1. The zero-order valence-corrected chi connectivity index (χ0v) is 18.6. The van der Waals surface area contributed by atoms with Crippen LogP contribution in [-0.2, 0) is 21.8 Å². The number of nitrogens with zero attached hydrogens (tertiary/aromatic N) is 2. The Morgan fingerprint density at radius 1 is 1.10 bits per heavy atom. The maximum atomic E-state index is 13.4. The van der Waals surface area contributed by atoms with Gasteiger partial charge < -0.3 is 23.7 Å². The predicted molar refractivity (Wildman–Crippen MR) is 112 cm³/mol. The van der Waals surface area contributed by atoms with Crippen LogP contribution >= 0.6 is 0 Å². The molecular weight excluding hydrogens is 410 g/mol. The number of morpholine rings is 1. The van der Waals surface area contributed by atoms with Crippen molar-refractivity contribution in [1.82, 2.24) is 9.47 Å². The van der Waals surface area contributed by atoms with Gasteiger partial charge in [0.15, 0.2) is 0 Å². The minimum absolute atomic E-state index is 0.0307. The highest BCUT2D eigenvalue weighted by molar-refractivity contribution is 7.92. The molecule has 0 aliphatic carbocycles. The van der Waals surface area contributed by atoms with Gasteiger partial charge in [0.05, 0.1) is 38.7 Å². The van der Waals surface area contributed by atoms with Crippen LogP contribution in [0.1, 0.15) is 21.7 Å². The fraction of sp³-hybridized carbons (Fsp3) is 0.450. The number of benzene rings is 1. The highest BCUT2D eigenvalue weighted by Gasteiger charge is 2.33. The summed E-state index contributed by atoms with van der Waals surface area (Å²) in [6.45, 7) is 5.13. The van der Waals surface area contributed by atoms with E-state index in [1.807, 2.05) is 0 Å². The van der Waals surface area contributed by atoms with Gasteiger partial charge in [-0.25, -0.2) is 8.42 Å². The van der Waals surface area contributed by atoms with Gasteiger partial charge in [-0.1, -0.05) is 0 Å². The standard InChI is InChI=1S/C20H27N3O6S/c1-13-18(20(24)23-8-10-29-11-9-23)19(14(2)22(13)3)30(25,26)21-16-7-6-15(27-4)12-17(16)28-5/h6-7,12,21H,8-11H2,1-5H3. The lowest BCUT2D eigenvalue weighted by molar-refractivity contribution is 0.0300. The molecule has 0 unspecified atom stereocenters. The first kappa shape index (κ1) is 22.0. The Bertz CT molecular complexity index is 1050. The summed E-state index contributed by atoms with van der Waals surface area (Å²) in [6.07, 6.45) is 0. The van der Waals surface area contributed by atoms with Crippen molar-refractivity contribution in [3.63, 3.8) is 0 Å². The van der Waals surface area contributed by atoms with Crippen molar-refractivity contribution in [2.75, 3.05) is 45.2 Å². The van der Waals surface area contributed by atoms with E-state index in [4.69, 9.17) is 14.2 Å². The lowest BCUT2D eigenvalue weighted by atomic mass is 10.2. The molecule has 9 nitrogen and oxygen atoms in total. The summed E-state index contributed by atoms with van der Waals surface area (Å²) >= 11 is 0. The van der Waals surface area contributed by atoms with E-state index >= 15 is 0 Å². The molecule has 1 aromatic carbocycles. The van der Waals surface area contributed by atoms with E-state index < -0.39 is 10.0 Å². The molecule has 0 atom stereocenters. The smallest absolute Gasteiger partial charge is 0.264 e. The third kappa shape index (κ3) is 3.97. The first-order valence-corrected chi connectivity index (χ1v) is 11.0. The molecule has 2 heterocycles. The summed E-state index contributed by atoms with van der Waals surface area (Å²) in [4.78, 5) is 14.8. The highest BCUT2D eigenvalue weighted by atomic mass is 32.2. The first-order valence-electron chi connectivity index (χ1n) is 9.49. The van der Waals surface area contributed by atoms with Gasteiger partial charge in [-0.15, -0.1) is 0 Å². The molecule has 1 amide bonds. The number of methoxy groups -OCH3 is 2. The number of carbonyl (C=O) groups excluding carboxylic acids is 1. The van der Waals surface area contributed by atoms with Gasteiger partial charge in [0.1, 0.15) is 16.4 Å². The van der Waals surface area contributed by atoms with Crippen molar-refractivity contribution in [1.29, 1.82) is 0 Å². The monoisotopic (exact) mass is 437 g/mol. The molecule has 1 aromatic heterocycles. The van der Waals surface area contributed by atoms with Gasteiger partial charge in [0.25, 0.3) is 15.9 Å². The molecule has 30 heavy (non-hydrogen) atoms. The van der Waals surface area contributed by atoms with Crippen molar-refractivity contribution < 1.29 is 27.4 Å². The Balaban J connectivity index is 2.06. The quantitative estimate of drug-likeness (QED) is 0.742. The van der Waals surface area contributed by atoms with Crippen LogP contribution in [0.15, 0.2) is 23.1 Å². The summed E-state index contributed by atoms with van der Waals surface area (Å²) in [7, 11) is 0.616. The third-order valence-corrected chi connectivity index (χ3v) is 6.88. The Labute approximate surface area is 176 Å². The normalized spacial score (nSPS) is 14.5. The number of carbonyl (C=O) groups is 1. The molecule has 0 saturated carbocycles. The molecule has 1 fully saturated rings. The second-order valence-corrected chi connectivity index (χ2v) is 8.63. The maximum Gasteiger partial charge on any atom is 0.264 e. The topological polar surface area (TPSA) is 99.1 Å². The van der Waals surface area contributed by atoms with Crippen LogP contribution in [0.25, 0.3) is 0 Å². The molecule has 10 heteroatoms. The van der Waals surface area contributed by atoms with E-state index in [9.17, 15) is 13.2 Å². The number of nitrogens with one attached hydrogen (secondary N) is 1. The van der Waals surface area contributed by atoms with Crippen molar-refractivity contribution in [2.45, 2.75) is 18.7 Å². The maximum absolute atomic E-state index is 13.4. The molecule has 2 aromatic rings. The minimum Gasteiger partial charge on any atom is -0.497 e. The van der Waals surface area contributed by atoms with E-state index in [1.54, 1.807) is 48.6 Å². The molecule has 3 rings (SSSR count). The van der Waals surface area contributed by atoms with E-state index in [-0.39, 0.29) is 22.1 Å². The summed E-state index contributed by atoms with van der Waals surface area (Å²) in [5.41, 5.74) is 1.50. The molecule has 164 valence electrons. The number of anilines is 1. The van der Waals surface area contributed by atoms with Crippen molar-refractivity contribution in [3.05, 3.63) is 35.2 Å². The number of amides is 1. The van der Waals surface area contributed by atoms with Gasteiger partial charge in [-0.2, -0.15) is 0 Å². The van der Waals surface area contributed by atoms with Crippen molar-refractivity contribution in [3.8, 4) is 11.5 Å². The fourth-order valence-corrected chi connectivity index (χ4v) is 5.09. The number of rotatable bonds is 6. The van der Waals surface area contributed by atoms with E-state index in [0.29, 0.717) is 49.2 Å². The number of aromatic nitrogens is 1. The van der Waals surface area contributed by atoms with Gasteiger partial charge in [0.2, 0.25) is 0 Å². The van der Waals surface area contributed by atoms with Crippen molar-refractivity contribution >= 4 is 21.6 Å². The van der Waals surface area contributed by atoms with Gasteiger partial charge in [0, 0.05) is 37.6 Å². The summed E-state index contributed by atoms with van der Waals surface area (Å²) < 4.78 is 46.9. The van der Waals surface area contributed by atoms with E-state index in [1.165, 1.54) is 14.2 Å². The second-order valence-electron chi connectivity index (χ2n) is 7.01. The molecule has 0 spiro atoms. The number of hydrogen-bond acceptors (Lipinski definition) is 6. The van der Waals surface area contributed by atoms with Crippen LogP contribution < -0.4 is 14.2 Å². The summed E-state index contributed by atoms with van der Waals surface area (Å²) in [6, 6.07) is 4.77. The average Bonchev–Trinajstić information content (AvgIpc) is 2.98. The van der Waals surface area contributed by atoms with Crippen molar-refractivity contribution in [2.24, 2.45) is 7.05 Å². The Kier molecular flexibility index (Phi) is 6.27. The summed E-state index contributed by atoms with van der Waals surface area (Å²) in [5, 5.41) is 0. The molecule has 1 aliphatic rings. The largest absolute Gasteiger partial charge is 0.497 e. The van der Waals surface area contributed by atoms with Gasteiger partial charge >= 0.3 is 0 Å². The van der Waals surface area contributed by atoms with Crippen LogP contribution in [0.3, 0.4) is 0 Å². The van der Waals surface area contributed by atoms with Gasteiger partial charge in [-0.3, -0.25) is 9.52 Å². The molecular formula is C20H27N3O6S. The molecule has 1 aliphatic heterocycles. The number of sulfonamides is 1. The molecule has 0 bridgehead atoms. The van der Waals surface area contributed by atoms with Crippen LogP contribution in [0.2, 0.25) is 0 Å². The lowest BCUT2D eigenvalue weighted by Crippen LogP contribution is -2.41.